The molecule has 0 unspecified atom stereocenters. The van der Waals surface area contributed by atoms with Gasteiger partial charge in [-0.05, 0) is 27.7 Å². The molecule has 2 aliphatic rings. The number of urea groups is 1. The Balaban J connectivity index is 2.00. The number of nitrogens with one attached hydrogen (secondary N) is 1. The fourth-order valence-corrected chi connectivity index (χ4v) is 4.05. The first-order valence-corrected chi connectivity index (χ1v) is 8.42. The van der Waals surface area contributed by atoms with Crippen molar-refractivity contribution < 1.29 is 14.3 Å². The first-order valence-electron chi connectivity index (χ1n) is 8.42. The number of nitrogens with zero attached hydrogens (tertiary/aromatic N) is 3. The van der Waals surface area contributed by atoms with Crippen LogP contribution in [0.5, 0.6) is 0 Å². The van der Waals surface area contributed by atoms with Crippen LogP contribution in [0.15, 0.2) is 15.7 Å². The van der Waals surface area contributed by atoms with Crippen molar-refractivity contribution >= 4 is 11.9 Å². The van der Waals surface area contributed by atoms with E-state index in [-0.39, 0.29) is 12.2 Å². The van der Waals surface area contributed by atoms with Crippen LogP contribution in [-0.2, 0) is 30.2 Å². The summed E-state index contributed by atoms with van der Waals surface area (Å²) >= 11 is 0. The molecular formula is C17H24N4O5. The van der Waals surface area contributed by atoms with E-state index in [4.69, 9.17) is 4.74 Å². The Kier molecular flexibility index (Phi) is 3.74. The molecule has 1 aromatic heterocycles. The molecule has 0 aliphatic carbocycles. The highest BCUT2D eigenvalue weighted by atomic mass is 16.5. The molecule has 2 saturated heterocycles. The van der Waals surface area contributed by atoms with Crippen LogP contribution in [0.3, 0.4) is 0 Å². The van der Waals surface area contributed by atoms with E-state index in [1.165, 1.54) is 24.7 Å². The average molecular weight is 364 g/mol. The number of carbonyl (C=O) groups excluding carboxylic acids is 2. The lowest BCUT2D eigenvalue weighted by Crippen LogP contribution is -2.59. The molecule has 1 N–H and O–H groups in total. The number of hydrogen-bond acceptors (Lipinski definition) is 5. The standard InChI is InChI=1S/C17H24N4O5/c1-15(2)9-17(16(3,4)26-15)12(23)21(13(24)18-17)8-10-7-11(22)20(6)14(25)19(10)5/h7H,8-9H2,1-6H3,(H,18,24)/t17-/m0/s1. The summed E-state index contributed by atoms with van der Waals surface area (Å²) in [7, 11) is 2.87. The topological polar surface area (TPSA) is 103 Å². The number of carbonyl (C=O) groups is 2. The van der Waals surface area contributed by atoms with Crippen LogP contribution in [0.1, 0.15) is 39.8 Å². The van der Waals surface area contributed by atoms with Crippen LogP contribution in [0.4, 0.5) is 4.79 Å². The van der Waals surface area contributed by atoms with Gasteiger partial charge < -0.3 is 10.1 Å². The molecule has 9 heteroatoms. The lowest BCUT2D eigenvalue weighted by atomic mass is 9.79. The van der Waals surface area contributed by atoms with Crippen molar-refractivity contribution in [2.45, 2.75) is 57.4 Å². The van der Waals surface area contributed by atoms with Gasteiger partial charge in [0.2, 0.25) is 0 Å². The zero-order chi connectivity index (χ0) is 19.7. The molecule has 1 spiro atoms. The molecule has 0 bridgehead atoms. The molecule has 26 heavy (non-hydrogen) atoms. The third-order valence-corrected chi connectivity index (χ3v) is 5.37. The Bertz CT molecular complexity index is 926. The Morgan fingerprint density at radius 1 is 1.08 bits per heavy atom. The van der Waals surface area contributed by atoms with E-state index in [1.54, 1.807) is 13.8 Å². The summed E-state index contributed by atoms with van der Waals surface area (Å²) in [4.78, 5) is 50.8. The van der Waals surface area contributed by atoms with Crippen LogP contribution >= 0.6 is 0 Å². The largest absolute Gasteiger partial charge is 0.367 e. The highest BCUT2D eigenvalue weighted by Gasteiger charge is 2.67. The van der Waals surface area contributed by atoms with Gasteiger partial charge in [-0.15, -0.1) is 0 Å². The summed E-state index contributed by atoms with van der Waals surface area (Å²) in [6.07, 6.45) is 0.337. The predicted octanol–water partition coefficient (Wildman–Crippen LogP) is -0.148. The van der Waals surface area contributed by atoms with Crippen LogP contribution in [0, 0.1) is 0 Å². The number of ether oxygens (including phenoxy) is 1. The maximum Gasteiger partial charge on any atom is 0.330 e. The fraction of sp³-hybridized carbons (Fsp3) is 0.647. The van der Waals surface area contributed by atoms with Crippen molar-refractivity contribution in [3.8, 4) is 0 Å². The monoisotopic (exact) mass is 364 g/mol. The van der Waals surface area contributed by atoms with Crippen molar-refractivity contribution in [2.24, 2.45) is 14.1 Å². The third kappa shape index (κ3) is 2.41. The van der Waals surface area contributed by atoms with E-state index in [0.29, 0.717) is 6.42 Å². The van der Waals surface area contributed by atoms with E-state index in [9.17, 15) is 19.2 Å². The van der Waals surface area contributed by atoms with Gasteiger partial charge in [-0.25, -0.2) is 9.59 Å². The van der Waals surface area contributed by atoms with Crippen LogP contribution in [0.2, 0.25) is 0 Å². The van der Waals surface area contributed by atoms with Gasteiger partial charge in [0.25, 0.3) is 11.5 Å². The normalized spacial score (nSPS) is 26.6. The number of hydrogen-bond donors (Lipinski definition) is 1. The molecule has 142 valence electrons. The fourth-order valence-electron chi connectivity index (χ4n) is 4.05. The van der Waals surface area contributed by atoms with Gasteiger partial charge in [0.05, 0.1) is 17.7 Å². The molecule has 0 aromatic carbocycles. The molecule has 1 aromatic rings. The molecule has 9 nitrogen and oxygen atoms in total. The summed E-state index contributed by atoms with van der Waals surface area (Å²) in [5, 5.41) is 2.80. The summed E-state index contributed by atoms with van der Waals surface area (Å²) in [6, 6.07) is 0.699. The Labute approximate surface area is 150 Å². The number of rotatable bonds is 2. The van der Waals surface area contributed by atoms with E-state index in [2.05, 4.69) is 5.32 Å². The van der Waals surface area contributed by atoms with Gasteiger partial charge in [-0.3, -0.25) is 23.6 Å². The van der Waals surface area contributed by atoms with Crippen molar-refractivity contribution in [2.75, 3.05) is 0 Å². The number of amides is 3. The second-order valence-electron chi connectivity index (χ2n) is 8.15. The van der Waals surface area contributed by atoms with Crippen molar-refractivity contribution in [1.29, 1.82) is 0 Å². The van der Waals surface area contributed by atoms with E-state index in [0.717, 1.165) is 9.47 Å². The van der Waals surface area contributed by atoms with Gasteiger partial charge in [-0.1, -0.05) is 0 Å². The van der Waals surface area contributed by atoms with Crippen LogP contribution in [0.25, 0.3) is 0 Å². The molecule has 0 saturated carbocycles. The van der Waals surface area contributed by atoms with Gasteiger partial charge in [-0.2, -0.15) is 0 Å². The minimum absolute atomic E-state index is 0.162. The van der Waals surface area contributed by atoms with Gasteiger partial charge in [0.15, 0.2) is 5.54 Å². The zero-order valence-corrected chi connectivity index (χ0v) is 15.9. The van der Waals surface area contributed by atoms with Gasteiger partial charge in [0.1, 0.15) is 0 Å². The molecule has 3 amide bonds. The third-order valence-electron chi connectivity index (χ3n) is 5.37. The minimum Gasteiger partial charge on any atom is -0.367 e. The molecule has 1 atom stereocenters. The number of imide groups is 1. The summed E-state index contributed by atoms with van der Waals surface area (Å²) in [6.45, 7) is 7.13. The van der Waals surface area contributed by atoms with Crippen molar-refractivity contribution in [3.63, 3.8) is 0 Å². The minimum atomic E-state index is -1.17. The smallest absolute Gasteiger partial charge is 0.330 e. The Morgan fingerprint density at radius 3 is 2.23 bits per heavy atom. The summed E-state index contributed by atoms with van der Waals surface area (Å²) in [5.74, 6) is -0.411. The van der Waals surface area contributed by atoms with Gasteiger partial charge in [0, 0.05) is 32.3 Å². The van der Waals surface area contributed by atoms with Crippen LogP contribution < -0.4 is 16.6 Å². The second kappa shape index (κ2) is 5.29. The van der Waals surface area contributed by atoms with Gasteiger partial charge >= 0.3 is 11.7 Å². The first kappa shape index (κ1) is 18.4. The highest BCUT2D eigenvalue weighted by Crippen LogP contribution is 2.48. The van der Waals surface area contributed by atoms with E-state index < -0.39 is 39.9 Å². The van der Waals surface area contributed by atoms with E-state index >= 15 is 0 Å². The molecular weight excluding hydrogens is 340 g/mol. The zero-order valence-electron chi connectivity index (χ0n) is 15.9. The Morgan fingerprint density at radius 2 is 1.69 bits per heavy atom. The Hall–Kier alpha value is -2.42. The summed E-state index contributed by atoms with van der Waals surface area (Å²) < 4.78 is 8.22. The first-order chi connectivity index (χ1) is 11.8. The van der Waals surface area contributed by atoms with Crippen molar-refractivity contribution in [1.82, 2.24) is 19.4 Å². The summed E-state index contributed by atoms with van der Waals surface area (Å²) in [5.41, 5.74) is -3.36. The maximum atomic E-state index is 13.2. The lowest BCUT2D eigenvalue weighted by molar-refractivity contribution is -0.138. The highest BCUT2D eigenvalue weighted by molar-refractivity contribution is 6.08. The van der Waals surface area contributed by atoms with Crippen LogP contribution in [-0.4, -0.2) is 42.7 Å². The lowest BCUT2D eigenvalue weighted by Gasteiger charge is -2.33. The molecule has 3 heterocycles. The predicted molar refractivity (Wildman–Crippen MR) is 92.6 cm³/mol. The van der Waals surface area contributed by atoms with E-state index in [1.807, 2.05) is 13.8 Å². The quantitative estimate of drug-likeness (QED) is 0.736. The number of aromatic nitrogens is 2. The van der Waals surface area contributed by atoms with Crippen molar-refractivity contribution in [3.05, 3.63) is 32.6 Å². The molecule has 3 rings (SSSR count). The SMILES string of the molecule is Cn1c(CN2C(=O)N[C@@]3(CC(C)(C)OC3(C)C)C2=O)cc(=O)n(C)c1=O. The average Bonchev–Trinajstić information content (AvgIpc) is 2.85. The molecule has 2 fully saturated rings. The maximum absolute atomic E-state index is 13.2. The second-order valence-corrected chi connectivity index (χ2v) is 8.15. The molecule has 2 aliphatic heterocycles. The molecule has 0 radical (unpaired) electrons.